The third kappa shape index (κ3) is 5.04. The van der Waals surface area contributed by atoms with Crippen molar-refractivity contribution in [1.82, 2.24) is 14.7 Å². The van der Waals surface area contributed by atoms with Crippen molar-refractivity contribution in [3.05, 3.63) is 17.5 Å². The number of hydrogen-bond acceptors (Lipinski definition) is 4. The van der Waals surface area contributed by atoms with Crippen LogP contribution in [0.5, 0.6) is 0 Å². The van der Waals surface area contributed by atoms with Gasteiger partial charge in [0.15, 0.2) is 0 Å². The normalized spacial score (nSPS) is 17.2. The van der Waals surface area contributed by atoms with Crippen LogP contribution in [0.3, 0.4) is 0 Å². The van der Waals surface area contributed by atoms with Crippen LogP contribution in [-0.2, 0) is 24.3 Å². The van der Waals surface area contributed by atoms with Gasteiger partial charge in [0.25, 0.3) is 0 Å². The molecule has 0 saturated heterocycles. The highest BCUT2D eigenvalue weighted by Crippen LogP contribution is 2.17. The predicted octanol–water partition coefficient (Wildman–Crippen LogP) is 2.25. The summed E-state index contributed by atoms with van der Waals surface area (Å²) < 4.78 is 2.06. The van der Waals surface area contributed by atoms with E-state index in [4.69, 9.17) is 5.11 Å². The number of aryl methyl sites for hydroxylation is 2. The number of fused-ring (bicyclic) bond motifs is 1. The minimum atomic E-state index is -0.758. The van der Waals surface area contributed by atoms with Gasteiger partial charge < -0.3 is 5.11 Å². The topological polar surface area (TPSA) is 58.4 Å². The second-order valence-electron chi connectivity index (χ2n) is 5.71. The average molecular weight is 311 g/mol. The first kappa shape index (κ1) is 16.4. The Morgan fingerprint density at radius 1 is 1.52 bits per heavy atom. The van der Waals surface area contributed by atoms with Gasteiger partial charge in [-0.1, -0.05) is 6.92 Å². The van der Waals surface area contributed by atoms with E-state index in [9.17, 15) is 4.79 Å². The number of carbonyl (C=O) groups is 1. The minimum absolute atomic E-state index is 0.158. The van der Waals surface area contributed by atoms with E-state index in [2.05, 4.69) is 33.9 Å². The molecule has 118 valence electrons. The number of thioether (sulfide) groups is 1. The summed E-state index contributed by atoms with van der Waals surface area (Å²) in [6.45, 7) is 6.39. The van der Waals surface area contributed by atoms with E-state index in [1.54, 1.807) is 0 Å². The van der Waals surface area contributed by atoms with E-state index in [1.807, 2.05) is 11.8 Å². The maximum atomic E-state index is 10.7. The van der Waals surface area contributed by atoms with Crippen LogP contribution in [0.15, 0.2) is 6.07 Å². The van der Waals surface area contributed by atoms with Gasteiger partial charge in [-0.3, -0.25) is 14.4 Å². The molecule has 0 aromatic carbocycles. The van der Waals surface area contributed by atoms with Crippen molar-refractivity contribution in [1.29, 1.82) is 0 Å². The molecule has 0 amide bonds. The number of nitrogens with zero attached hydrogens (tertiary/aromatic N) is 3. The fourth-order valence-electron chi connectivity index (χ4n) is 2.62. The van der Waals surface area contributed by atoms with Gasteiger partial charge >= 0.3 is 5.97 Å². The Labute approximate surface area is 130 Å². The fourth-order valence-corrected chi connectivity index (χ4v) is 2.96. The van der Waals surface area contributed by atoms with Crippen molar-refractivity contribution < 1.29 is 9.90 Å². The summed E-state index contributed by atoms with van der Waals surface area (Å²) in [6, 6.07) is 2.08. The van der Waals surface area contributed by atoms with Crippen molar-refractivity contribution in [3.8, 4) is 0 Å². The first-order chi connectivity index (χ1) is 10.1. The van der Waals surface area contributed by atoms with Crippen molar-refractivity contribution in [3.63, 3.8) is 0 Å². The summed E-state index contributed by atoms with van der Waals surface area (Å²) >= 11 is 1.92. The van der Waals surface area contributed by atoms with Crippen LogP contribution in [0.25, 0.3) is 0 Å². The lowest BCUT2D eigenvalue weighted by molar-refractivity contribution is -0.136. The number of carboxylic acids is 1. The number of hydrogen-bond donors (Lipinski definition) is 1. The monoisotopic (exact) mass is 311 g/mol. The van der Waals surface area contributed by atoms with E-state index >= 15 is 0 Å². The molecule has 1 N–H and O–H groups in total. The van der Waals surface area contributed by atoms with Crippen LogP contribution in [-0.4, -0.2) is 50.4 Å². The van der Waals surface area contributed by atoms with E-state index in [-0.39, 0.29) is 6.42 Å². The molecule has 1 aliphatic rings. The van der Waals surface area contributed by atoms with Gasteiger partial charge in [0.1, 0.15) is 0 Å². The summed E-state index contributed by atoms with van der Waals surface area (Å²) in [5.74, 6) is -0.758. The highest BCUT2D eigenvalue weighted by Gasteiger charge is 2.17. The summed E-state index contributed by atoms with van der Waals surface area (Å²) in [4.78, 5) is 13.1. The molecule has 1 aromatic rings. The number of aliphatic carboxylic acids is 1. The second-order valence-corrected chi connectivity index (χ2v) is 6.98. The Kier molecular flexibility index (Phi) is 6.11. The molecule has 0 bridgehead atoms. The number of carboxylic acid groups (broad SMARTS) is 1. The van der Waals surface area contributed by atoms with Gasteiger partial charge in [-0.2, -0.15) is 16.9 Å². The maximum Gasteiger partial charge on any atom is 0.303 e. The van der Waals surface area contributed by atoms with Crippen molar-refractivity contribution in [2.75, 3.05) is 19.3 Å². The van der Waals surface area contributed by atoms with Gasteiger partial charge in [0.05, 0.1) is 17.8 Å². The standard InChI is InChI=1S/C15H25N3O2S/c1-12(21-2)6-9-17-7-3-8-18-14(11-17)10-13(16-18)4-5-15(19)20/h10,12H,3-9,11H2,1-2H3,(H,19,20)/t12-/m1/s1. The molecule has 1 atom stereocenters. The smallest absolute Gasteiger partial charge is 0.303 e. The quantitative estimate of drug-likeness (QED) is 0.837. The van der Waals surface area contributed by atoms with E-state index < -0.39 is 5.97 Å². The van der Waals surface area contributed by atoms with Crippen LogP contribution in [0.4, 0.5) is 0 Å². The summed E-state index contributed by atoms with van der Waals surface area (Å²) in [6.07, 6.45) is 5.17. The predicted molar refractivity (Wildman–Crippen MR) is 85.7 cm³/mol. The SMILES string of the molecule is CS[C@H](C)CCN1CCCn2nc(CCC(=O)O)cc2C1. The van der Waals surface area contributed by atoms with Crippen LogP contribution in [0.1, 0.15) is 37.6 Å². The maximum absolute atomic E-state index is 10.7. The molecule has 1 aromatic heterocycles. The van der Waals surface area contributed by atoms with Gasteiger partial charge in [0.2, 0.25) is 0 Å². The zero-order chi connectivity index (χ0) is 15.2. The van der Waals surface area contributed by atoms with Gasteiger partial charge in [0, 0.05) is 31.3 Å². The average Bonchev–Trinajstić information content (AvgIpc) is 2.74. The highest BCUT2D eigenvalue weighted by atomic mass is 32.2. The Morgan fingerprint density at radius 2 is 2.33 bits per heavy atom. The van der Waals surface area contributed by atoms with Crippen LogP contribution >= 0.6 is 11.8 Å². The van der Waals surface area contributed by atoms with Gasteiger partial charge in [-0.25, -0.2) is 0 Å². The summed E-state index contributed by atoms with van der Waals surface area (Å²) in [5, 5.41) is 14.0. The second kappa shape index (κ2) is 7.84. The number of rotatable bonds is 7. The molecule has 5 nitrogen and oxygen atoms in total. The number of aromatic nitrogens is 2. The molecular weight excluding hydrogens is 286 g/mol. The molecule has 0 fully saturated rings. The lowest BCUT2D eigenvalue weighted by atomic mass is 10.2. The van der Waals surface area contributed by atoms with Crippen LogP contribution in [0.2, 0.25) is 0 Å². The molecule has 1 aliphatic heterocycles. The molecule has 2 rings (SSSR count). The van der Waals surface area contributed by atoms with Crippen LogP contribution in [0, 0.1) is 0 Å². The lowest BCUT2D eigenvalue weighted by Gasteiger charge is -2.20. The molecule has 0 unspecified atom stereocenters. The molecule has 6 heteroatoms. The minimum Gasteiger partial charge on any atom is -0.481 e. The molecule has 2 heterocycles. The molecular formula is C15H25N3O2S. The zero-order valence-corrected chi connectivity index (χ0v) is 13.7. The fraction of sp³-hybridized carbons (Fsp3) is 0.733. The molecule has 21 heavy (non-hydrogen) atoms. The molecule has 0 spiro atoms. The Balaban J connectivity index is 1.93. The third-order valence-electron chi connectivity index (χ3n) is 3.99. The lowest BCUT2D eigenvalue weighted by Crippen LogP contribution is -2.26. The molecule has 0 saturated carbocycles. The Morgan fingerprint density at radius 3 is 3.05 bits per heavy atom. The molecule has 0 aliphatic carbocycles. The van der Waals surface area contributed by atoms with Crippen molar-refractivity contribution in [2.45, 2.75) is 50.9 Å². The Bertz CT molecular complexity index is 475. The Hall–Kier alpha value is -1.01. The largest absolute Gasteiger partial charge is 0.481 e. The first-order valence-corrected chi connectivity index (χ1v) is 8.90. The zero-order valence-electron chi connectivity index (χ0n) is 12.9. The summed E-state index contributed by atoms with van der Waals surface area (Å²) in [5.41, 5.74) is 2.14. The van der Waals surface area contributed by atoms with Gasteiger partial charge in [-0.05, 0) is 31.7 Å². The highest BCUT2D eigenvalue weighted by molar-refractivity contribution is 7.99. The van der Waals surface area contributed by atoms with E-state index in [0.29, 0.717) is 11.7 Å². The van der Waals surface area contributed by atoms with Crippen LogP contribution < -0.4 is 0 Å². The van der Waals surface area contributed by atoms with E-state index in [1.165, 1.54) is 12.1 Å². The first-order valence-electron chi connectivity index (χ1n) is 7.61. The van der Waals surface area contributed by atoms with Gasteiger partial charge in [-0.15, -0.1) is 0 Å². The van der Waals surface area contributed by atoms with E-state index in [0.717, 1.165) is 38.3 Å². The van der Waals surface area contributed by atoms with Crippen molar-refractivity contribution in [2.24, 2.45) is 0 Å². The third-order valence-corrected chi connectivity index (χ3v) is 5.03. The van der Waals surface area contributed by atoms with Crippen molar-refractivity contribution >= 4 is 17.7 Å². The molecule has 0 radical (unpaired) electrons. The summed E-state index contributed by atoms with van der Waals surface area (Å²) in [7, 11) is 0.